The van der Waals surface area contributed by atoms with E-state index in [9.17, 15) is 12.9 Å². The van der Waals surface area contributed by atoms with Gasteiger partial charge in [-0.15, -0.1) is 0 Å². The Kier molecular flexibility index (Phi) is 8.79. The molecule has 1 aromatic heterocycles. The molecule has 2 nitrogen and oxygen atoms in total. The van der Waals surface area contributed by atoms with Crippen molar-refractivity contribution in [2.24, 2.45) is 14.1 Å². The predicted molar refractivity (Wildman–Crippen MR) is 59.0 cm³/mol. The molecule has 0 radical (unpaired) electrons. The van der Waals surface area contributed by atoms with Crippen LogP contribution in [0.4, 0.5) is 12.9 Å². The second-order valence-corrected chi connectivity index (χ2v) is 3.69. The zero-order valence-electron chi connectivity index (χ0n) is 9.39. The Morgan fingerprint density at radius 1 is 1.24 bits per heavy atom. The van der Waals surface area contributed by atoms with Crippen molar-refractivity contribution in [1.82, 2.24) is 4.57 Å². The van der Waals surface area contributed by atoms with E-state index in [4.69, 9.17) is 0 Å². The van der Waals surface area contributed by atoms with Crippen molar-refractivity contribution >= 4 is 7.54 Å². The summed E-state index contributed by atoms with van der Waals surface area (Å²) in [7, 11) is 0.619. The summed E-state index contributed by atoms with van der Waals surface area (Å²) >= 11 is 0. The van der Waals surface area contributed by atoms with Gasteiger partial charge in [-0.25, -0.2) is 9.13 Å². The first-order valence-corrected chi connectivity index (χ1v) is 4.97. The molecular formula is C10H19BF4N2. The summed E-state index contributed by atoms with van der Waals surface area (Å²) in [6.07, 6.45) is 7.45. The number of halogens is 4. The van der Waals surface area contributed by atoms with Crippen molar-refractivity contribution in [1.29, 1.82) is 0 Å². The second kappa shape index (κ2) is 8.14. The third kappa shape index (κ3) is 5.23. The van der Waals surface area contributed by atoms with E-state index in [1.807, 2.05) is 0 Å². The number of aromatic nitrogens is 2. The third-order valence-electron chi connectivity index (χ3n) is 2.61. The lowest BCUT2D eigenvalue weighted by Crippen LogP contribution is -3.00. The van der Waals surface area contributed by atoms with Gasteiger partial charge in [0.25, 0.3) is 0 Å². The normalized spacial score (nSPS) is 12.3. The number of rotatable bonds is 0. The van der Waals surface area contributed by atoms with Crippen molar-refractivity contribution in [2.75, 3.05) is 0 Å². The highest BCUT2D eigenvalue weighted by molar-refractivity contribution is 6.33. The Labute approximate surface area is 100 Å². The maximum atomic E-state index is 9.67. The fourth-order valence-electron chi connectivity index (χ4n) is 2.03. The third-order valence-corrected chi connectivity index (χ3v) is 2.61. The standard InChI is InChI=1S/C9H15N2.CH4.BF3.FH/c1-10-7-11(2)9-6-4-3-5-8(9)10;;2-1(3)4;/h7H,3-6H2,1-2H3;1H4;;1H/q+1;;;/p-1. The number of imidazole rings is 1. The molecular weight excluding hydrogens is 235 g/mol. The molecule has 2 rings (SSSR count). The SMILES string of the molecule is C.Cn1c[n+](C)c2c1CCCC2.FB(F)F.[F-]. The van der Waals surface area contributed by atoms with Crippen LogP contribution in [0.15, 0.2) is 6.33 Å². The van der Waals surface area contributed by atoms with Gasteiger partial charge >= 0.3 is 7.54 Å². The quantitative estimate of drug-likeness (QED) is 0.327. The van der Waals surface area contributed by atoms with Crippen LogP contribution in [-0.4, -0.2) is 12.1 Å². The van der Waals surface area contributed by atoms with E-state index in [1.54, 1.807) is 11.4 Å². The molecule has 0 N–H and O–H groups in total. The Morgan fingerprint density at radius 3 is 2.18 bits per heavy atom. The van der Waals surface area contributed by atoms with E-state index in [-0.39, 0.29) is 12.1 Å². The van der Waals surface area contributed by atoms with Gasteiger partial charge in [0.15, 0.2) is 0 Å². The van der Waals surface area contributed by atoms with E-state index >= 15 is 0 Å². The summed E-state index contributed by atoms with van der Waals surface area (Å²) in [6.45, 7) is 0. The van der Waals surface area contributed by atoms with Crippen LogP contribution in [0.2, 0.25) is 0 Å². The molecule has 0 saturated heterocycles. The molecule has 0 bridgehead atoms. The van der Waals surface area contributed by atoms with Gasteiger partial charge in [-0.1, -0.05) is 7.43 Å². The highest BCUT2D eigenvalue weighted by Gasteiger charge is 2.21. The first-order chi connectivity index (χ1) is 7.02. The number of hydrogen-bond donors (Lipinski definition) is 0. The molecule has 1 aliphatic rings. The maximum Gasteiger partial charge on any atom is 0.762 e. The molecule has 0 aliphatic heterocycles. The molecule has 0 atom stereocenters. The van der Waals surface area contributed by atoms with E-state index in [2.05, 4.69) is 29.6 Å². The molecule has 7 heteroatoms. The monoisotopic (exact) mass is 254 g/mol. The molecule has 0 unspecified atom stereocenters. The minimum atomic E-state index is -3.67. The summed E-state index contributed by atoms with van der Waals surface area (Å²) in [4.78, 5) is 0. The Hall–Kier alpha value is -1.01. The van der Waals surface area contributed by atoms with Crippen LogP contribution in [0.5, 0.6) is 0 Å². The zero-order valence-corrected chi connectivity index (χ0v) is 9.39. The first-order valence-electron chi connectivity index (χ1n) is 4.97. The largest absolute Gasteiger partial charge is 1.00 e. The molecule has 0 fully saturated rings. The fraction of sp³-hybridized carbons (Fsp3) is 0.700. The lowest BCUT2D eigenvalue weighted by Gasteiger charge is -2.07. The van der Waals surface area contributed by atoms with Crippen molar-refractivity contribution in [3.8, 4) is 0 Å². The van der Waals surface area contributed by atoms with Gasteiger partial charge in [-0.2, -0.15) is 0 Å². The van der Waals surface area contributed by atoms with Crippen LogP contribution >= 0.6 is 0 Å². The minimum Gasteiger partial charge on any atom is -1.00 e. The Morgan fingerprint density at radius 2 is 1.71 bits per heavy atom. The predicted octanol–water partition coefficient (Wildman–Crippen LogP) is -0.752. The second-order valence-electron chi connectivity index (χ2n) is 3.69. The van der Waals surface area contributed by atoms with Crippen LogP contribution in [-0.2, 0) is 26.9 Å². The fourth-order valence-corrected chi connectivity index (χ4v) is 2.03. The van der Waals surface area contributed by atoms with Crippen LogP contribution in [0.25, 0.3) is 0 Å². The summed E-state index contributed by atoms with van der Waals surface area (Å²) in [5.74, 6) is 0. The van der Waals surface area contributed by atoms with Gasteiger partial charge in [-0.05, 0) is 12.8 Å². The highest BCUT2D eigenvalue weighted by atomic mass is 19.4. The van der Waals surface area contributed by atoms with Gasteiger partial charge in [-0.3, -0.25) is 12.9 Å². The van der Waals surface area contributed by atoms with Gasteiger partial charge < -0.3 is 4.70 Å². The molecule has 1 aliphatic carbocycles. The van der Waals surface area contributed by atoms with Crippen LogP contribution in [0.1, 0.15) is 31.7 Å². The minimum absolute atomic E-state index is 0. The van der Waals surface area contributed by atoms with Crippen molar-refractivity contribution < 1.29 is 22.2 Å². The summed E-state index contributed by atoms with van der Waals surface area (Å²) in [5, 5.41) is 0. The van der Waals surface area contributed by atoms with Crippen LogP contribution < -0.4 is 9.27 Å². The van der Waals surface area contributed by atoms with Gasteiger partial charge in [0.1, 0.15) is 11.4 Å². The highest BCUT2D eigenvalue weighted by Crippen LogP contribution is 2.17. The summed E-state index contributed by atoms with van der Waals surface area (Å²) in [6, 6.07) is 0. The molecule has 1 aromatic rings. The van der Waals surface area contributed by atoms with E-state index in [0.717, 1.165) is 0 Å². The van der Waals surface area contributed by atoms with Crippen molar-refractivity contribution in [3.63, 3.8) is 0 Å². The van der Waals surface area contributed by atoms with Gasteiger partial charge in [0.05, 0.1) is 14.1 Å². The van der Waals surface area contributed by atoms with E-state index < -0.39 is 7.54 Å². The molecule has 0 amide bonds. The first kappa shape index (κ1) is 18.4. The Bertz CT molecular complexity index is 299. The average molecular weight is 254 g/mol. The van der Waals surface area contributed by atoms with E-state index in [0.29, 0.717) is 0 Å². The lowest BCUT2D eigenvalue weighted by atomic mass is 10.0. The van der Waals surface area contributed by atoms with Crippen LogP contribution in [0, 0.1) is 0 Å². The molecule has 1 heterocycles. The average Bonchev–Trinajstić information content (AvgIpc) is 2.43. The van der Waals surface area contributed by atoms with Gasteiger partial charge in [0, 0.05) is 12.8 Å². The molecule has 0 aromatic carbocycles. The zero-order chi connectivity index (χ0) is 11.4. The molecule has 0 saturated carbocycles. The summed E-state index contributed by atoms with van der Waals surface area (Å²) in [5.41, 5.74) is 3.08. The topological polar surface area (TPSA) is 8.81 Å². The van der Waals surface area contributed by atoms with Gasteiger partial charge in [0.2, 0.25) is 6.33 Å². The lowest BCUT2D eigenvalue weighted by molar-refractivity contribution is -0.678. The van der Waals surface area contributed by atoms with E-state index in [1.165, 1.54) is 25.7 Å². The Balaban J connectivity index is 0. The number of fused-ring (bicyclic) bond motifs is 1. The van der Waals surface area contributed by atoms with Crippen molar-refractivity contribution in [2.45, 2.75) is 33.1 Å². The number of aryl methyl sites for hydroxylation is 2. The molecule has 17 heavy (non-hydrogen) atoms. The maximum absolute atomic E-state index is 9.67. The summed E-state index contributed by atoms with van der Waals surface area (Å²) < 4.78 is 33.5. The van der Waals surface area contributed by atoms with Crippen LogP contribution in [0.3, 0.4) is 0 Å². The molecule has 100 valence electrons. The molecule has 0 spiro atoms. The van der Waals surface area contributed by atoms with Crippen molar-refractivity contribution in [3.05, 3.63) is 17.7 Å². The smallest absolute Gasteiger partial charge is 0.762 e. The number of hydrogen-bond acceptors (Lipinski definition) is 0. The number of nitrogens with zero attached hydrogens (tertiary/aromatic N) is 2.